The molecule has 15 atom stereocenters. The molecule has 0 saturated carbocycles. The summed E-state index contributed by atoms with van der Waals surface area (Å²) in [6, 6.07) is -18.0. The van der Waals surface area contributed by atoms with Gasteiger partial charge in [-0.05, 0) is 143 Å². The van der Waals surface area contributed by atoms with E-state index in [-0.39, 0.29) is 0 Å². The van der Waals surface area contributed by atoms with E-state index in [1.807, 2.05) is 0 Å². The van der Waals surface area contributed by atoms with Crippen LogP contribution in [0.25, 0.3) is 0 Å². The zero-order valence-corrected chi connectivity index (χ0v) is 52.4. The fraction of sp³-hybridized carbons (Fsp3) is 0.708. The number of rotatable bonds is 21. The summed E-state index contributed by atoms with van der Waals surface area (Å²) in [5, 5.41) is 0. The SMILES string of the molecule is [2H]c1c(OC)c(OC([2H])([2H])[2H])c([2H])c2c1C1([2H])CC([2H])(OC(=O)[C@@H](N)C(C)C)C(C([2H])([2H])C([2H])(C)C([2H])([2H])[2H])CN1C([2H])([2H])C2([2H])[2H].[2H]c1c(OC)c(OC([2H])([2H])[2H])c([2H])c2c1C1([2H])CC([2H])(OC(=O)[C@@H](N)C(C)C)C(C([2H])([2H])C([2H])(C)C([2H])([2H])[2H])CN1C([2H])([2H])C2([2H])[2H].[2H]c1c(OC)c(OC)c([2H])c2c1C1([2H])CC([2H])(OC(=O)[C@@H](N)C(C)C)C(C([2H])([2H])C([2H])(C)C([2H])([2H])[2H])CN1C([2H])([2H])C2([2H])[2H]. The molecule has 12 unspecified atom stereocenters. The molecule has 504 valence electrons. The van der Waals surface area contributed by atoms with Crippen LogP contribution in [0.5, 0.6) is 34.5 Å². The summed E-state index contributed by atoms with van der Waals surface area (Å²) in [5.74, 6) is -25.3. The molecule has 18 nitrogen and oxygen atoms in total. The zero-order valence-electron chi connectivity index (χ0n) is 100. The number of carbonyl (C=O) groups excluding carboxylic acids is 3. The van der Waals surface area contributed by atoms with Crippen LogP contribution in [0.1, 0.15) is 238 Å². The number of fused-ring (bicyclic) bond motifs is 9. The maximum Gasteiger partial charge on any atom is 0.323 e. The largest absolute Gasteiger partial charge is 0.493 e. The quantitative estimate of drug-likeness (QED) is 0.0666. The maximum absolute atomic E-state index is 13.2. The summed E-state index contributed by atoms with van der Waals surface area (Å²) in [6.45, 7) is -12.1. The third-order valence-electron chi connectivity index (χ3n) is 14.7. The minimum Gasteiger partial charge on any atom is -0.493 e. The fourth-order valence-electron chi connectivity index (χ4n) is 9.65. The number of ether oxygens (including phenoxy) is 9. The molecule has 0 spiro atoms. The second kappa shape index (κ2) is 32.5. The Morgan fingerprint density at radius 3 is 0.978 bits per heavy atom. The smallest absolute Gasteiger partial charge is 0.323 e. The normalized spacial score (nSPS) is 44.1. The molecule has 3 fully saturated rings. The van der Waals surface area contributed by atoms with Crippen molar-refractivity contribution in [3.63, 3.8) is 0 Å². The Morgan fingerprint density at radius 2 is 0.744 bits per heavy atom. The molecule has 6 heterocycles. The van der Waals surface area contributed by atoms with E-state index in [0.717, 1.165) is 49.2 Å². The van der Waals surface area contributed by atoms with Crippen molar-refractivity contribution >= 4 is 17.9 Å². The third kappa shape index (κ3) is 17.5. The molecular weight excluding hydrogens is 1140 g/mol. The van der Waals surface area contributed by atoms with Crippen LogP contribution in [0.4, 0.5) is 0 Å². The lowest BCUT2D eigenvalue weighted by Gasteiger charge is -2.47. The lowest BCUT2D eigenvalue weighted by molar-refractivity contribution is -0.161. The molecule has 9 rings (SSSR count). The Balaban J connectivity index is 0.000000282. The van der Waals surface area contributed by atoms with Gasteiger partial charge in [0.15, 0.2) is 34.5 Å². The van der Waals surface area contributed by atoms with Gasteiger partial charge in [0.2, 0.25) is 0 Å². The molecule has 0 amide bonds. The summed E-state index contributed by atoms with van der Waals surface area (Å²) in [4.78, 5) is 41.0. The van der Waals surface area contributed by atoms with Crippen molar-refractivity contribution in [3.05, 3.63) is 69.6 Å². The van der Waals surface area contributed by atoms with E-state index < -0.39 is 361 Å². The first-order valence-corrected chi connectivity index (χ1v) is 28.6. The molecule has 6 aliphatic heterocycles. The topological polar surface area (TPSA) is 222 Å². The summed E-state index contributed by atoms with van der Waals surface area (Å²) in [6.07, 6.45) is -32.4. The first-order chi connectivity index (χ1) is 61.2. The Labute approximate surface area is 606 Å². The van der Waals surface area contributed by atoms with Crippen LogP contribution < -0.4 is 45.6 Å². The summed E-state index contributed by atoms with van der Waals surface area (Å²) in [5.41, 5.74) is 12.9. The maximum atomic E-state index is 13.2. The number of methoxy groups -OCH3 is 6. The Morgan fingerprint density at radius 1 is 0.489 bits per heavy atom. The standard InChI is InChI=1S/3C24H38N2O4/c3*1-14(2)9-17-13-26-8-7-16-10-21(28-5)22(29-6)11-18(16)19(26)12-20(17)30-24(27)23(25)15(3)4/h3*10-11,14-15,17,19-20,23H,7-9,12-13,25H2,1-6H3/t3*17?,19?,20?,23-/m000/s1/i2*1D3,5D3,7D2,8D2,9D2,10D,11D,14D,19D,20D;1D3,7D2,8D2,9D2,10D,11D,14D,19D,20D/t3*14?,17?,19?,20?,23-. The third-order valence-corrected chi connectivity index (χ3v) is 14.7. The lowest BCUT2D eigenvalue weighted by atomic mass is 9.79. The van der Waals surface area contributed by atoms with Crippen molar-refractivity contribution in [2.75, 3.05) is 81.6 Å². The molecule has 0 aromatic heterocycles. The van der Waals surface area contributed by atoms with Gasteiger partial charge in [-0.2, -0.15) is 0 Å². The van der Waals surface area contributed by atoms with Crippen LogP contribution in [-0.4, -0.2) is 151 Å². The van der Waals surface area contributed by atoms with Crippen LogP contribution in [0.3, 0.4) is 0 Å². The lowest BCUT2D eigenvalue weighted by Crippen LogP contribution is -2.51. The van der Waals surface area contributed by atoms with Gasteiger partial charge in [0.05, 0.1) is 67.2 Å². The molecule has 6 N–H and O–H groups in total. The Hall–Kier alpha value is -5.37. The summed E-state index contributed by atoms with van der Waals surface area (Å²) < 4.78 is 458. The van der Waals surface area contributed by atoms with E-state index in [1.165, 1.54) is 27.7 Å². The van der Waals surface area contributed by atoms with E-state index in [1.54, 1.807) is 13.8 Å². The van der Waals surface area contributed by atoms with E-state index in [0.29, 0.717) is 14.7 Å². The Kier molecular flexibility index (Phi) is 11.1. The number of esters is 3. The van der Waals surface area contributed by atoms with Gasteiger partial charge < -0.3 is 59.8 Å². The Bertz CT molecular complexity index is 4910. The molecule has 3 aromatic rings. The predicted molar refractivity (Wildman–Crippen MR) is 353 cm³/mol. The van der Waals surface area contributed by atoms with Crippen molar-refractivity contribution in [2.45, 2.75) is 195 Å². The average molecular weight is 1300 g/mol. The molecule has 90 heavy (non-hydrogen) atoms. The van der Waals surface area contributed by atoms with Gasteiger partial charge in [-0.1, -0.05) is 82.9 Å². The monoisotopic (exact) mass is 1300 g/mol. The van der Waals surface area contributed by atoms with Crippen molar-refractivity contribution in [3.8, 4) is 34.5 Å². The van der Waals surface area contributed by atoms with E-state index in [2.05, 4.69) is 0 Å². The minimum absolute atomic E-state index is 0.394. The van der Waals surface area contributed by atoms with Crippen molar-refractivity contribution in [1.29, 1.82) is 0 Å². The highest BCUT2D eigenvalue weighted by Crippen LogP contribution is 2.48. The first kappa shape index (κ1) is 30.8. The van der Waals surface area contributed by atoms with E-state index in [9.17, 15) is 22.6 Å². The van der Waals surface area contributed by atoms with Gasteiger partial charge in [-0.25, -0.2) is 0 Å². The predicted octanol–water partition coefficient (Wildman–Crippen LogP) is 10.7. The zero-order chi connectivity index (χ0) is 108. The van der Waals surface area contributed by atoms with Crippen LogP contribution in [-0.2, 0) is 47.7 Å². The average Bonchev–Trinajstić information content (AvgIpc) is 0.675. The second-order valence-electron chi connectivity index (χ2n) is 22.3. The molecule has 18 heteroatoms. The van der Waals surface area contributed by atoms with Crippen LogP contribution >= 0.6 is 0 Å². The van der Waals surface area contributed by atoms with E-state index in [4.69, 9.17) is 117 Å². The van der Waals surface area contributed by atoms with Gasteiger partial charge in [0.1, 0.15) is 36.4 Å². The minimum atomic E-state index is -3.41. The number of nitrogens with two attached hydrogens (primary N) is 3. The molecule has 0 aliphatic carbocycles. The number of piperidine rings is 3. The van der Waals surface area contributed by atoms with Gasteiger partial charge in [0, 0.05) is 135 Å². The van der Waals surface area contributed by atoms with Gasteiger partial charge >= 0.3 is 17.9 Å². The summed E-state index contributed by atoms with van der Waals surface area (Å²) in [7, 11) is -2.30. The van der Waals surface area contributed by atoms with Crippen molar-refractivity contribution < 1.29 is 123 Å². The van der Waals surface area contributed by atoms with Gasteiger partial charge in [-0.15, -0.1) is 0 Å². The van der Waals surface area contributed by atoms with Crippen LogP contribution in [0, 0.1) is 53.2 Å². The highest BCUT2D eigenvalue weighted by atomic mass is 16.6. The number of nitrogens with zero attached hydrogens (tertiary/aromatic N) is 3. The highest BCUT2D eigenvalue weighted by Gasteiger charge is 2.45. The van der Waals surface area contributed by atoms with Crippen molar-refractivity contribution in [1.82, 2.24) is 14.7 Å². The number of hydrogen-bond donors (Lipinski definition) is 3. The molecule has 3 saturated heterocycles. The number of carbonyl (C=O) groups is 3. The molecule has 0 bridgehead atoms. The highest BCUT2D eigenvalue weighted by molar-refractivity contribution is 5.77. The molecule has 6 aliphatic rings. The second-order valence-corrected chi connectivity index (χ2v) is 22.3. The molecule has 0 radical (unpaired) electrons. The first-order valence-electron chi connectivity index (χ1n) is 52.6. The number of hydrogen-bond acceptors (Lipinski definition) is 18. The van der Waals surface area contributed by atoms with Gasteiger partial charge in [-0.3, -0.25) is 29.1 Å². The fourth-order valence-corrected chi connectivity index (χ4v) is 9.65. The van der Waals surface area contributed by atoms with Crippen LogP contribution in [0.2, 0.25) is 0 Å². The van der Waals surface area contributed by atoms with E-state index >= 15 is 0 Å². The summed E-state index contributed by atoms with van der Waals surface area (Å²) >= 11 is 0. The van der Waals surface area contributed by atoms with Crippen molar-refractivity contribution in [2.24, 2.45) is 70.4 Å². The van der Waals surface area contributed by atoms with Crippen LogP contribution in [0.15, 0.2) is 36.3 Å². The molecular formula is C72H114N6O12. The number of benzene rings is 3. The molecule has 3 aromatic carbocycles. The van der Waals surface area contributed by atoms with Gasteiger partial charge in [0.25, 0.3) is 0 Å².